The predicted octanol–water partition coefficient (Wildman–Crippen LogP) is 4.96. The van der Waals surface area contributed by atoms with E-state index in [1.54, 1.807) is 18.2 Å². The molecule has 0 spiro atoms. The molecule has 2 nitrogen and oxygen atoms in total. The number of carbonyl (C=O) groups excluding carboxylic acids is 1. The fourth-order valence-corrected chi connectivity index (χ4v) is 2.96. The van der Waals surface area contributed by atoms with E-state index in [4.69, 9.17) is 11.6 Å². The summed E-state index contributed by atoms with van der Waals surface area (Å²) in [6.07, 6.45) is -3.34. The number of nitrogens with one attached hydrogen (secondary N) is 1. The number of aryl methyl sites for hydroxylation is 1. The molecule has 1 aromatic carbocycles. The van der Waals surface area contributed by atoms with Crippen molar-refractivity contribution in [3.63, 3.8) is 0 Å². The molecule has 0 aromatic heterocycles. The summed E-state index contributed by atoms with van der Waals surface area (Å²) in [5.74, 6) is -2.37. The van der Waals surface area contributed by atoms with Crippen molar-refractivity contribution in [2.45, 2.75) is 38.8 Å². The van der Waals surface area contributed by atoms with Crippen molar-refractivity contribution in [2.24, 2.45) is 11.8 Å². The Morgan fingerprint density at radius 1 is 1.33 bits per heavy atom. The number of rotatable bonds is 2. The second kappa shape index (κ2) is 6.26. The van der Waals surface area contributed by atoms with Crippen molar-refractivity contribution < 1.29 is 18.0 Å². The molecule has 1 aromatic rings. The van der Waals surface area contributed by atoms with Gasteiger partial charge in [-0.05, 0) is 43.9 Å². The van der Waals surface area contributed by atoms with Gasteiger partial charge in [-0.1, -0.05) is 24.1 Å². The molecule has 6 heteroatoms. The summed E-state index contributed by atoms with van der Waals surface area (Å²) in [7, 11) is 0. The highest BCUT2D eigenvalue weighted by Gasteiger charge is 2.43. The zero-order valence-corrected chi connectivity index (χ0v) is 12.4. The van der Waals surface area contributed by atoms with Crippen LogP contribution < -0.4 is 5.32 Å². The molecule has 2 unspecified atom stereocenters. The van der Waals surface area contributed by atoms with Crippen LogP contribution in [0, 0.1) is 18.8 Å². The second-order valence-electron chi connectivity index (χ2n) is 5.57. The third kappa shape index (κ3) is 4.13. The molecule has 0 radical (unpaired) electrons. The Balaban J connectivity index is 2.03. The van der Waals surface area contributed by atoms with E-state index in [9.17, 15) is 18.0 Å². The lowest BCUT2D eigenvalue weighted by Gasteiger charge is -2.29. The van der Waals surface area contributed by atoms with E-state index in [0.717, 1.165) is 5.56 Å². The summed E-state index contributed by atoms with van der Waals surface area (Å²) in [6, 6.07) is 5.16. The molecule has 0 bridgehead atoms. The first-order valence-electron chi connectivity index (χ1n) is 6.91. The van der Waals surface area contributed by atoms with Gasteiger partial charge in [-0.2, -0.15) is 13.2 Å². The summed E-state index contributed by atoms with van der Waals surface area (Å²) < 4.78 is 38.3. The number of amides is 1. The Morgan fingerprint density at radius 2 is 2.05 bits per heavy atom. The fourth-order valence-electron chi connectivity index (χ4n) is 2.68. The van der Waals surface area contributed by atoms with Crippen LogP contribution in [0.4, 0.5) is 18.9 Å². The molecule has 1 saturated carbocycles. The average Bonchev–Trinajstić information content (AvgIpc) is 2.41. The van der Waals surface area contributed by atoms with E-state index in [0.29, 0.717) is 23.6 Å². The van der Waals surface area contributed by atoms with Crippen LogP contribution in [0.2, 0.25) is 5.02 Å². The molecule has 1 fully saturated rings. The largest absolute Gasteiger partial charge is 0.391 e. The maximum absolute atomic E-state index is 12.8. The molecule has 0 saturated heterocycles. The summed E-state index contributed by atoms with van der Waals surface area (Å²) >= 11 is 6.02. The smallest absolute Gasteiger partial charge is 0.325 e. The average molecular weight is 320 g/mol. The highest BCUT2D eigenvalue weighted by Crippen LogP contribution is 2.40. The molecule has 2 atom stereocenters. The Bertz CT molecular complexity index is 530. The molecule has 0 aliphatic heterocycles. The Kier molecular flexibility index (Phi) is 4.81. The fraction of sp³-hybridized carbons (Fsp3) is 0.533. The summed E-state index contributed by atoms with van der Waals surface area (Å²) in [5.41, 5.74) is 1.40. The number of anilines is 1. The van der Waals surface area contributed by atoms with Crippen LogP contribution in [0.5, 0.6) is 0 Å². The van der Waals surface area contributed by atoms with Crippen LogP contribution in [-0.2, 0) is 4.79 Å². The minimum Gasteiger partial charge on any atom is -0.325 e. The van der Waals surface area contributed by atoms with Gasteiger partial charge in [0.1, 0.15) is 0 Å². The lowest BCUT2D eigenvalue weighted by atomic mass is 9.80. The number of carbonyl (C=O) groups is 1. The lowest BCUT2D eigenvalue weighted by molar-refractivity contribution is -0.185. The number of hydrogen-bond donors (Lipinski definition) is 1. The zero-order chi connectivity index (χ0) is 15.6. The SMILES string of the molecule is Cc1ccc(NC(=O)C2CCCC(C(F)(F)F)C2)c(Cl)c1. The molecule has 2 rings (SSSR count). The number of halogens is 4. The van der Waals surface area contributed by atoms with Gasteiger partial charge in [-0.15, -0.1) is 0 Å². The van der Waals surface area contributed by atoms with E-state index >= 15 is 0 Å². The predicted molar refractivity (Wildman–Crippen MR) is 76.3 cm³/mol. The maximum Gasteiger partial charge on any atom is 0.391 e. The summed E-state index contributed by atoms with van der Waals surface area (Å²) in [4.78, 5) is 12.1. The first-order chi connectivity index (χ1) is 9.77. The highest BCUT2D eigenvalue weighted by atomic mass is 35.5. The van der Waals surface area contributed by atoms with Gasteiger partial charge < -0.3 is 5.32 Å². The van der Waals surface area contributed by atoms with Crippen LogP contribution >= 0.6 is 11.6 Å². The first kappa shape index (κ1) is 16.1. The number of hydrogen-bond acceptors (Lipinski definition) is 1. The Hall–Kier alpha value is -1.23. The normalized spacial score (nSPS) is 22.9. The molecule has 0 heterocycles. The summed E-state index contributed by atoms with van der Waals surface area (Å²) in [6.45, 7) is 1.87. The zero-order valence-electron chi connectivity index (χ0n) is 11.6. The molecule has 1 aliphatic carbocycles. The van der Waals surface area contributed by atoms with Crippen molar-refractivity contribution >= 4 is 23.2 Å². The van der Waals surface area contributed by atoms with Crippen molar-refractivity contribution in [1.29, 1.82) is 0 Å². The van der Waals surface area contributed by atoms with E-state index in [-0.39, 0.29) is 18.7 Å². The van der Waals surface area contributed by atoms with Crippen molar-refractivity contribution in [3.05, 3.63) is 28.8 Å². The first-order valence-corrected chi connectivity index (χ1v) is 7.29. The van der Waals surface area contributed by atoms with Gasteiger partial charge in [0, 0.05) is 5.92 Å². The third-order valence-corrected chi connectivity index (χ3v) is 4.20. The second-order valence-corrected chi connectivity index (χ2v) is 5.98. The van der Waals surface area contributed by atoms with Gasteiger partial charge in [-0.25, -0.2) is 0 Å². The standard InChI is InChI=1S/C15H17ClF3NO/c1-9-5-6-13(12(16)7-9)20-14(21)10-3-2-4-11(8-10)15(17,18)19/h5-7,10-11H,2-4,8H2,1H3,(H,20,21). The van der Waals surface area contributed by atoms with Gasteiger partial charge in [0.05, 0.1) is 16.6 Å². The number of alkyl halides is 3. The number of benzene rings is 1. The van der Waals surface area contributed by atoms with Crippen LogP contribution in [0.25, 0.3) is 0 Å². The molecular formula is C15H17ClF3NO. The van der Waals surface area contributed by atoms with Gasteiger partial charge in [0.25, 0.3) is 0 Å². The van der Waals surface area contributed by atoms with Crippen molar-refractivity contribution in [3.8, 4) is 0 Å². The van der Waals surface area contributed by atoms with E-state index in [2.05, 4.69) is 5.32 Å². The van der Waals surface area contributed by atoms with Gasteiger partial charge >= 0.3 is 6.18 Å². The molecule has 1 N–H and O–H groups in total. The van der Waals surface area contributed by atoms with Gasteiger partial charge in [0.2, 0.25) is 5.91 Å². The van der Waals surface area contributed by atoms with Gasteiger partial charge in [0.15, 0.2) is 0 Å². The highest BCUT2D eigenvalue weighted by molar-refractivity contribution is 6.33. The third-order valence-electron chi connectivity index (χ3n) is 3.89. The van der Waals surface area contributed by atoms with E-state index in [1.807, 2.05) is 6.92 Å². The maximum atomic E-state index is 12.8. The minimum atomic E-state index is -4.22. The molecule has 1 aliphatic rings. The van der Waals surface area contributed by atoms with Crippen LogP contribution in [0.3, 0.4) is 0 Å². The van der Waals surface area contributed by atoms with Crippen molar-refractivity contribution in [1.82, 2.24) is 0 Å². The van der Waals surface area contributed by atoms with Gasteiger partial charge in [-0.3, -0.25) is 4.79 Å². The molecule has 21 heavy (non-hydrogen) atoms. The van der Waals surface area contributed by atoms with E-state index in [1.165, 1.54) is 0 Å². The molecule has 1 amide bonds. The van der Waals surface area contributed by atoms with E-state index < -0.39 is 18.0 Å². The quantitative estimate of drug-likeness (QED) is 0.820. The monoisotopic (exact) mass is 319 g/mol. The summed E-state index contributed by atoms with van der Waals surface area (Å²) in [5, 5.41) is 3.04. The van der Waals surface area contributed by atoms with Crippen LogP contribution in [0.1, 0.15) is 31.2 Å². The lowest BCUT2D eigenvalue weighted by Crippen LogP contribution is -2.34. The Labute approximate surface area is 126 Å². The molecular weight excluding hydrogens is 303 g/mol. The van der Waals surface area contributed by atoms with Crippen LogP contribution in [0.15, 0.2) is 18.2 Å². The molecule has 116 valence electrons. The minimum absolute atomic E-state index is 0.110. The Morgan fingerprint density at radius 3 is 2.67 bits per heavy atom. The van der Waals surface area contributed by atoms with Crippen molar-refractivity contribution in [2.75, 3.05) is 5.32 Å². The topological polar surface area (TPSA) is 29.1 Å². The van der Waals surface area contributed by atoms with Crippen LogP contribution in [-0.4, -0.2) is 12.1 Å².